The Morgan fingerprint density at radius 2 is 1.74 bits per heavy atom. The number of hydrazone groups is 1. The smallest absolute Gasteiger partial charge is 0.277 e. The number of hydrogen-bond donors (Lipinski definition) is 1. The third-order valence-electron chi connectivity index (χ3n) is 3.69. The summed E-state index contributed by atoms with van der Waals surface area (Å²) < 4.78 is 5.67. The van der Waals surface area contributed by atoms with Crippen LogP contribution in [-0.2, 0) is 4.79 Å². The summed E-state index contributed by atoms with van der Waals surface area (Å²) >= 11 is 11.9. The fourth-order valence-electron chi connectivity index (χ4n) is 2.40. The van der Waals surface area contributed by atoms with Gasteiger partial charge in [0.2, 0.25) is 0 Å². The minimum absolute atomic E-state index is 0.157. The van der Waals surface area contributed by atoms with Gasteiger partial charge in [0.25, 0.3) is 5.91 Å². The number of hydrogen-bond acceptors (Lipinski definition) is 3. The van der Waals surface area contributed by atoms with Gasteiger partial charge in [-0.2, -0.15) is 5.10 Å². The average Bonchev–Trinajstić information content (AvgIpc) is 2.69. The molecule has 27 heavy (non-hydrogen) atoms. The maximum Gasteiger partial charge on any atom is 0.277 e. The van der Waals surface area contributed by atoms with Crippen LogP contribution >= 0.6 is 23.2 Å². The highest BCUT2D eigenvalue weighted by Gasteiger charge is 2.08. The highest BCUT2D eigenvalue weighted by atomic mass is 35.5. The van der Waals surface area contributed by atoms with E-state index in [2.05, 4.69) is 10.5 Å². The molecule has 136 valence electrons. The number of nitrogens with zero attached hydrogens (tertiary/aromatic N) is 1. The molecule has 3 rings (SSSR count). The Labute approximate surface area is 167 Å². The van der Waals surface area contributed by atoms with Gasteiger partial charge >= 0.3 is 0 Å². The number of halogens is 2. The van der Waals surface area contributed by atoms with E-state index in [-0.39, 0.29) is 12.5 Å². The van der Waals surface area contributed by atoms with Crippen LogP contribution in [0.2, 0.25) is 10.0 Å². The van der Waals surface area contributed by atoms with Gasteiger partial charge in [-0.3, -0.25) is 4.79 Å². The summed E-state index contributed by atoms with van der Waals surface area (Å²) in [6, 6.07) is 22.4. The van der Waals surface area contributed by atoms with Crippen LogP contribution in [0, 0.1) is 0 Å². The lowest BCUT2D eigenvalue weighted by molar-refractivity contribution is -0.123. The van der Waals surface area contributed by atoms with Crippen molar-refractivity contribution < 1.29 is 9.53 Å². The molecule has 0 heterocycles. The largest absolute Gasteiger partial charge is 0.483 e. The van der Waals surface area contributed by atoms with Gasteiger partial charge in [0.05, 0.1) is 11.2 Å². The zero-order valence-corrected chi connectivity index (χ0v) is 15.7. The second-order valence-electron chi connectivity index (χ2n) is 5.61. The van der Waals surface area contributed by atoms with Crippen LogP contribution in [0.25, 0.3) is 11.1 Å². The molecule has 0 unspecified atom stereocenters. The Bertz CT molecular complexity index is 959. The Kier molecular flexibility index (Phi) is 6.47. The first kappa shape index (κ1) is 19.0. The molecule has 0 saturated heterocycles. The first-order valence-corrected chi connectivity index (χ1v) is 8.93. The van der Waals surface area contributed by atoms with E-state index in [4.69, 9.17) is 27.9 Å². The van der Waals surface area contributed by atoms with Gasteiger partial charge in [0, 0.05) is 16.1 Å². The normalized spacial score (nSPS) is 10.7. The lowest BCUT2D eigenvalue weighted by Crippen LogP contribution is -2.24. The summed E-state index contributed by atoms with van der Waals surface area (Å²) in [7, 11) is 0. The van der Waals surface area contributed by atoms with E-state index >= 15 is 0 Å². The molecule has 0 spiro atoms. The molecule has 3 aromatic rings. The van der Waals surface area contributed by atoms with Crippen LogP contribution in [0.1, 0.15) is 5.56 Å². The Morgan fingerprint density at radius 3 is 2.52 bits per heavy atom. The molecule has 0 aliphatic carbocycles. The van der Waals surface area contributed by atoms with Gasteiger partial charge in [-0.05, 0) is 23.8 Å². The van der Waals surface area contributed by atoms with E-state index in [1.807, 2.05) is 54.6 Å². The summed E-state index contributed by atoms with van der Waals surface area (Å²) in [5.74, 6) is 0.253. The quantitative estimate of drug-likeness (QED) is 0.458. The standard InChI is InChI=1S/C21H16Cl2N2O2/c22-17-11-10-16(19(23)12-17)13-24-25-21(26)14-27-20-9-5-4-8-18(20)15-6-2-1-3-7-15/h1-13H,14H2,(H,25,26)/b24-13-. The van der Waals surface area contributed by atoms with Gasteiger partial charge in [0.1, 0.15) is 5.75 Å². The molecular formula is C21H16Cl2N2O2. The molecule has 0 bridgehead atoms. The number of amides is 1. The van der Waals surface area contributed by atoms with Crippen molar-refractivity contribution >= 4 is 35.3 Å². The molecule has 0 fully saturated rings. The summed E-state index contributed by atoms with van der Waals surface area (Å²) in [5, 5.41) is 4.88. The first-order valence-electron chi connectivity index (χ1n) is 8.17. The Morgan fingerprint density at radius 1 is 1.00 bits per heavy atom. The molecule has 1 N–H and O–H groups in total. The van der Waals surface area contributed by atoms with E-state index < -0.39 is 0 Å². The molecule has 4 nitrogen and oxygen atoms in total. The van der Waals surface area contributed by atoms with Crippen molar-refractivity contribution in [2.75, 3.05) is 6.61 Å². The minimum atomic E-state index is -0.376. The molecule has 3 aromatic carbocycles. The topological polar surface area (TPSA) is 50.7 Å². The third-order valence-corrected chi connectivity index (χ3v) is 4.25. The highest BCUT2D eigenvalue weighted by Crippen LogP contribution is 2.29. The van der Waals surface area contributed by atoms with Gasteiger partial charge < -0.3 is 4.74 Å². The van der Waals surface area contributed by atoms with Crippen LogP contribution in [0.3, 0.4) is 0 Å². The predicted molar refractivity (Wildman–Crippen MR) is 110 cm³/mol. The van der Waals surface area contributed by atoms with Crippen LogP contribution in [0.4, 0.5) is 0 Å². The van der Waals surface area contributed by atoms with E-state index in [0.29, 0.717) is 21.4 Å². The van der Waals surface area contributed by atoms with Crippen molar-refractivity contribution in [3.05, 3.63) is 88.4 Å². The van der Waals surface area contributed by atoms with Crippen LogP contribution in [0.5, 0.6) is 5.75 Å². The SMILES string of the molecule is O=C(COc1ccccc1-c1ccccc1)N/N=C\c1ccc(Cl)cc1Cl. The second-order valence-corrected chi connectivity index (χ2v) is 6.45. The summed E-state index contributed by atoms with van der Waals surface area (Å²) in [5.41, 5.74) is 5.00. The highest BCUT2D eigenvalue weighted by molar-refractivity contribution is 6.36. The number of carbonyl (C=O) groups excluding carboxylic acids is 1. The number of ether oxygens (including phenoxy) is 1. The van der Waals surface area contributed by atoms with Gasteiger partial charge in [0.15, 0.2) is 6.61 Å². The van der Waals surface area contributed by atoms with E-state index in [0.717, 1.165) is 11.1 Å². The molecular weight excluding hydrogens is 383 g/mol. The zero-order valence-electron chi connectivity index (χ0n) is 14.2. The lowest BCUT2D eigenvalue weighted by Gasteiger charge is -2.10. The van der Waals surface area contributed by atoms with Crippen molar-refractivity contribution in [1.82, 2.24) is 5.43 Å². The van der Waals surface area contributed by atoms with Crippen LogP contribution < -0.4 is 10.2 Å². The molecule has 0 radical (unpaired) electrons. The van der Waals surface area contributed by atoms with Gasteiger partial charge in [-0.1, -0.05) is 77.8 Å². The zero-order chi connectivity index (χ0) is 19.1. The molecule has 0 saturated carbocycles. The van der Waals surface area contributed by atoms with E-state index in [1.54, 1.807) is 18.2 Å². The molecule has 0 aromatic heterocycles. The molecule has 0 aliphatic heterocycles. The minimum Gasteiger partial charge on any atom is -0.483 e. The fourth-order valence-corrected chi connectivity index (χ4v) is 2.86. The second kappa shape index (κ2) is 9.21. The number of carbonyl (C=O) groups is 1. The van der Waals surface area contributed by atoms with Gasteiger partial charge in [-0.25, -0.2) is 5.43 Å². The summed E-state index contributed by atoms with van der Waals surface area (Å²) in [6.07, 6.45) is 1.45. The third kappa shape index (κ3) is 5.33. The van der Waals surface area contributed by atoms with Crippen molar-refractivity contribution in [2.45, 2.75) is 0 Å². The Balaban J connectivity index is 1.59. The summed E-state index contributed by atoms with van der Waals surface area (Å²) in [4.78, 5) is 12.0. The monoisotopic (exact) mass is 398 g/mol. The molecule has 6 heteroatoms. The van der Waals surface area contributed by atoms with E-state index in [9.17, 15) is 4.79 Å². The molecule has 1 amide bonds. The maximum atomic E-state index is 12.0. The molecule has 0 aliphatic rings. The Hall–Kier alpha value is -2.82. The number of rotatable bonds is 6. The van der Waals surface area contributed by atoms with E-state index in [1.165, 1.54) is 6.21 Å². The molecule has 0 atom stereocenters. The van der Waals surface area contributed by atoms with Crippen molar-refractivity contribution in [1.29, 1.82) is 0 Å². The maximum absolute atomic E-state index is 12.0. The fraction of sp³-hybridized carbons (Fsp3) is 0.0476. The van der Waals surface area contributed by atoms with Gasteiger partial charge in [-0.15, -0.1) is 0 Å². The first-order chi connectivity index (χ1) is 13.1. The van der Waals surface area contributed by atoms with Crippen molar-refractivity contribution in [3.63, 3.8) is 0 Å². The lowest BCUT2D eigenvalue weighted by atomic mass is 10.1. The van der Waals surface area contributed by atoms with Crippen LogP contribution in [0.15, 0.2) is 77.9 Å². The van der Waals surface area contributed by atoms with Crippen molar-refractivity contribution in [3.8, 4) is 16.9 Å². The number of nitrogens with one attached hydrogen (secondary N) is 1. The van der Waals surface area contributed by atoms with Crippen LogP contribution in [-0.4, -0.2) is 18.7 Å². The number of para-hydroxylation sites is 1. The average molecular weight is 399 g/mol. The predicted octanol–water partition coefficient (Wildman–Crippen LogP) is 5.19. The van der Waals surface area contributed by atoms with Crippen molar-refractivity contribution in [2.24, 2.45) is 5.10 Å². The number of benzene rings is 3. The summed E-state index contributed by atoms with van der Waals surface area (Å²) in [6.45, 7) is -0.157.